The predicted octanol–water partition coefficient (Wildman–Crippen LogP) is 2.44. The summed E-state index contributed by atoms with van der Waals surface area (Å²) in [5, 5.41) is 0.361. The van der Waals surface area contributed by atoms with Gasteiger partial charge in [0.25, 0.3) is 0 Å². The first kappa shape index (κ1) is 7.04. The summed E-state index contributed by atoms with van der Waals surface area (Å²) in [5.41, 5.74) is 1.22. The Kier molecular flexibility index (Phi) is 1.78. The van der Waals surface area contributed by atoms with Crippen LogP contribution in [0.2, 0.25) is 0 Å². The van der Waals surface area contributed by atoms with Gasteiger partial charge >= 0.3 is 0 Å². The van der Waals surface area contributed by atoms with Crippen molar-refractivity contribution in [3.05, 3.63) is 29.8 Å². The van der Waals surface area contributed by atoms with E-state index in [0.29, 0.717) is 5.25 Å². The Bertz CT molecular complexity index is 259. The molecular formula is C9H10OS. The Morgan fingerprint density at radius 2 is 2.18 bits per heavy atom. The molecule has 1 atom stereocenters. The van der Waals surface area contributed by atoms with Crippen molar-refractivity contribution < 1.29 is 4.74 Å². The van der Waals surface area contributed by atoms with Crippen LogP contribution in [0.15, 0.2) is 24.3 Å². The molecule has 1 nitrogen and oxygen atoms in total. The molecule has 1 aliphatic heterocycles. The summed E-state index contributed by atoms with van der Waals surface area (Å²) in [4.78, 5) is 0. The minimum Gasteiger partial charge on any atom is -0.493 e. The topological polar surface area (TPSA) is 9.23 Å². The third-order valence-electron chi connectivity index (χ3n) is 1.93. The molecule has 0 aromatic heterocycles. The Labute approximate surface area is 71.8 Å². The van der Waals surface area contributed by atoms with Crippen molar-refractivity contribution in [1.29, 1.82) is 0 Å². The minimum atomic E-state index is 0.361. The Hall–Kier alpha value is -0.630. The first-order valence-corrected chi connectivity index (χ1v) is 4.29. The molecule has 0 N–H and O–H groups in total. The predicted molar refractivity (Wildman–Crippen MR) is 48.3 cm³/mol. The number of rotatable bonds is 0. The van der Waals surface area contributed by atoms with Crippen LogP contribution < -0.4 is 4.74 Å². The van der Waals surface area contributed by atoms with Gasteiger partial charge in [-0.3, -0.25) is 0 Å². The van der Waals surface area contributed by atoms with Gasteiger partial charge in [0.15, 0.2) is 0 Å². The van der Waals surface area contributed by atoms with Crippen molar-refractivity contribution in [2.24, 2.45) is 0 Å². The highest BCUT2D eigenvalue weighted by Gasteiger charge is 2.16. The maximum absolute atomic E-state index is 5.44. The molecule has 11 heavy (non-hydrogen) atoms. The van der Waals surface area contributed by atoms with E-state index in [9.17, 15) is 0 Å². The highest BCUT2D eigenvalue weighted by atomic mass is 32.1. The highest BCUT2D eigenvalue weighted by Crippen LogP contribution is 2.35. The van der Waals surface area contributed by atoms with E-state index < -0.39 is 0 Å². The molecule has 0 fully saturated rings. The minimum absolute atomic E-state index is 0.361. The molecule has 2 heteroatoms. The number of ether oxygens (including phenoxy) is 1. The maximum Gasteiger partial charge on any atom is 0.123 e. The monoisotopic (exact) mass is 166 g/mol. The Morgan fingerprint density at radius 1 is 1.36 bits per heavy atom. The molecule has 0 saturated carbocycles. The van der Waals surface area contributed by atoms with E-state index in [1.165, 1.54) is 5.56 Å². The van der Waals surface area contributed by atoms with Gasteiger partial charge in [-0.2, -0.15) is 12.6 Å². The third-order valence-corrected chi connectivity index (χ3v) is 2.46. The second-order valence-electron chi connectivity index (χ2n) is 2.69. The zero-order valence-electron chi connectivity index (χ0n) is 6.16. The van der Waals surface area contributed by atoms with Crippen LogP contribution >= 0.6 is 12.6 Å². The van der Waals surface area contributed by atoms with Gasteiger partial charge in [0.05, 0.1) is 6.61 Å². The molecule has 1 aromatic carbocycles. The molecule has 0 bridgehead atoms. The van der Waals surface area contributed by atoms with Crippen molar-refractivity contribution in [3.8, 4) is 5.75 Å². The molecule has 0 amide bonds. The van der Waals surface area contributed by atoms with E-state index in [4.69, 9.17) is 4.74 Å². The van der Waals surface area contributed by atoms with Gasteiger partial charge in [0, 0.05) is 10.8 Å². The van der Waals surface area contributed by atoms with E-state index in [1.807, 2.05) is 18.2 Å². The molecule has 1 heterocycles. The lowest BCUT2D eigenvalue weighted by atomic mass is 10.1. The molecule has 58 valence electrons. The molecule has 0 aliphatic carbocycles. The summed E-state index contributed by atoms with van der Waals surface area (Å²) in [6.07, 6.45) is 1.01. The molecule has 0 saturated heterocycles. The van der Waals surface area contributed by atoms with Crippen LogP contribution in [0.1, 0.15) is 17.2 Å². The average molecular weight is 166 g/mol. The first-order valence-electron chi connectivity index (χ1n) is 3.78. The Morgan fingerprint density at radius 3 is 3.00 bits per heavy atom. The fourth-order valence-corrected chi connectivity index (χ4v) is 1.64. The van der Waals surface area contributed by atoms with Crippen LogP contribution in [-0.2, 0) is 0 Å². The van der Waals surface area contributed by atoms with Gasteiger partial charge in [0.2, 0.25) is 0 Å². The van der Waals surface area contributed by atoms with Gasteiger partial charge in [0.1, 0.15) is 5.75 Å². The number of para-hydroxylation sites is 1. The second-order valence-corrected chi connectivity index (χ2v) is 3.31. The first-order chi connectivity index (χ1) is 5.38. The number of benzene rings is 1. The Balaban J connectivity index is 2.44. The van der Waals surface area contributed by atoms with Crippen LogP contribution in [0.4, 0.5) is 0 Å². The standard InChI is InChI=1S/C9H10OS/c11-9-5-6-10-8-4-2-1-3-7(8)9/h1-4,9,11H,5-6H2/t9-/m0/s1. The van der Waals surface area contributed by atoms with Gasteiger partial charge in [-0.05, 0) is 12.5 Å². The van der Waals surface area contributed by atoms with E-state index in [0.717, 1.165) is 18.8 Å². The summed E-state index contributed by atoms with van der Waals surface area (Å²) in [6.45, 7) is 0.797. The SMILES string of the molecule is S[C@H]1CCOc2ccccc21. The van der Waals surface area contributed by atoms with Crippen LogP contribution in [0.5, 0.6) is 5.75 Å². The van der Waals surface area contributed by atoms with Crippen molar-refractivity contribution >= 4 is 12.6 Å². The summed E-state index contributed by atoms with van der Waals surface area (Å²) < 4.78 is 5.44. The van der Waals surface area contributed by atoms with Crippen LogP contribution in [0.25, 0.3) is 0 Å². The number of thiol groups is 1. The number of hydrogen-bond acceptors (Lipinski definition) is 2. The lowest BCUT2D eigenvalue weighted by molar-refractivity contribution is 0.287. The van der Waals surface area contributed by atoms with Crippen LogP contribution in [-0.4, -0.2) is 6.61 Å². The van der Waals surface area contributed by atoms with Crippen LogP contribution in [0.3, 0.4) is 0 Å². The van der Waals surface area contributed by atoms with Crippen molar-refractivity contribution in [2.75, 3.05) is 6.61 Å². The number of hydrogen-bond donors (Lipinski definition) is 1. The number of fused-ring (bicyclic) bond motifs is 1. The normalized spacial score (nSPS) is 22.1. The molecule has 0 radical (unpaired) electrons. The van der Waals surface area contributed by atoms with Gasteiger partial charge in [-0.15, -0.1) is 0 Å². The summed E-state index contributed by atoms with van der Waals surface area (Å²) in [5.74, 6) is 0.999. The fourth-order valence-electron chi connectivity index (χ4n) is 1.32. The maximum atomic E-state index is 5.44. The van der Waals surface area contributed by atoms with Gasteiger partial charge in [-0.25, -0.2) is 0 Å². The molecule has 0 unspecified atom stereocenters. The van der Waals surface area contributed by atoms with Gasteiger partial charge in [-0.1, -0.05) is 18.2 Å². The average Bonchev–Trinajstić information content (AvgIpc) is 2.06. The van der Waals surface area contributed by atoms with E-state index in [2.05, 4.69) is 18.7 Å². The molecule has 1 aromatic rings. The van der Waals surface area contributed by atoms with E-state index in [1.54, 1.807) is 0 Å². The van der Waals surface area contributed by atoms with Crippen molar-refractivity contribution in [1.82, 2.24) is 0 Å². The van der Waals surface area contributed by atoms with Crippen molar-refractivity contribution in [2.45, 2.75) is 11.7 Å². The zero-order valence-corrected chi connectivity index (χ0v) is 7.05. The van der Waals surface area contributed by atoms with E-state index in [-0.39, 0.29) is 0 Å². The lowest BCUT2D eigenvalue weighted by Gasteiger charge is -2.21. The summed E-state index contributed by atoms with van der Waals surface area (Å²) in [7, 11) is 0. The quantitative estimate of drug-likeness (QED) is 0.582. The largest absolute Gasteiger partial charge is 0.493 e. The van der Waals surface area contributed by atoms with Crippen LogP contribution in [0, 0.1) is 0 Å². The highest BCUT2D eigenvalue weighted by molar-refractivity contribution is 7.80. The third kappa shape index (κ3) is 1.23. The summed E-state index contributed by atoms with van der Waals surface area (Å²) >= 11 is 4.46. The lowest BCUT2D eigenvalue weighted by Crippen LogP contribution is -2.09. The van der Waals surface area contributed by atoms with Gasteiger partial charge < -0.3 is 4.74 Å². The summed E-state index contributed by atoms with van der Waals surface area (Å²) in [6, 6.07) is 8.09. The molecule has 1 aliphatic rings. The molecule has 2 rings (SSSR count). The fraction of sp³-hybridized carbons (Fsp3) is 0.333. The van der Waals surface area contributed by atoms with E-state index >= 15 is 0 Å². The smallest absolute Gasteiger partial charge is 0.123 e. The molecular weight excluding hydrogens is 156 g/mol. The van der Waals surface area contributed by atoms with Crippen molar-refractivity contribution in [3.63, 3.8) is 0 Å². The second kappa shape index (κ2) is 2.78. The molecule has 0 spiro atoms. The zero-order chi connectivity index (χ0) is 7.68.